The molecule has 1 aromatic rings. The Morgan fingerprint density at radius 2 is 2.23 bits per heavy atom. The highest BCUT2D eigenvalue weighted by Crippen LogP contribution is 2.22. The van der Waals surface area contributed by atoms with Gasteiger partial charge in [0.15, 0.2) is 0 Å². The fourth-order valence-corrected chi connectivity index (χ4v) is 1.41. The van der Waals surface area contributed by atoms with E-state index >= 15 is 0 Å². The predicted molar refractivity (Wildman–Crippen MR) is 47.6 cm³/mol. The number of aromatic nitrogens is 1. The summed E-state index contributed by atoms with van der Waals surface area (Å²) in [6.07, 6.45) is -1.50. The first-order valence-corrected chi connectivity index (χ1v) is 4.25. The van der Waals surface area contributed by atoms with E-state index < -0.39 is 17.5 Å². The third kappa shape index (κ3) is 1.94. The number of rotatable bonds is 2. The van der Waals surface area contributed by atoms with Gasteiger partial charge in [-0.1, -0.05) is 0 Å². The topological polar surface area (TPSA) is 58.9 Å². The molecule has 0 atom stereocenters. The van der Waals surface area contributed by atoms with E-state index in [4.69, 9.17) is 5.73 Å². The van der Waals surface area contributed by atoms with Crippen LogP contribution in [0.5, 0.6) is 0 Å². The van der Waals surface area contributed by atoms with Crippen LogP contribution in [0.15, 0.2) is 15.5 Å². The maximum atomic E-state index is 12.2. The molecule has 0 fully saturated rings. The Hall–Kier alpha value is -0.750. The summed E-state index contributed by atoms with van der Waals surface area (Å²) in [6, 6.07) is 0. The summed E-state index contributed by atoms with van der Waals surface area (Å²) in [5.74, 6) is 0. The van der Waals surface area contributed by atoms with Gasteiger partial charge in [0.25, 0.3) is 6.43 Å². The van der Waals surface area contributed by atoms with Crippen LogP contribution in [-0.2, 0) is 6.54 Å². The van der Waals surface area contributed by atoms with Crippen molar-refractivity contribution in [2.24, 2.45) is 5.73 Å². The number of nitrogens with one attached hydrogen (secondary N) is 1. The Morgan fingerprint density at radius 3 is 2.69 bits per heavy atom. The molecule has 0 aliphatic heterocycles. The maximum Gasteiger partial charge on any atom is 0.279 e. The van der Waals surface area contributed by atoms with Gasteiger partial charge in [0.1, 0.15) is 5.69 Å². The van der Waals surface area contributed by atoms with Crippen molar-refractivity contribution in [2.75, 3.05) is 0 Å². The molecule has 0 aromatic carbocycles. The van der Waals surface area contributed by atoms with Crippen LogP contribution in [0.25, 0.3) is 0 Å². The average Bonchev–Trinajstić information content (AvgIpc) is 2.09. The average molecular weight is 253 g/mol. The van der Waals surface area contributed by atoms with Crippen LogP contribution in [0.1, 0.15) is 17.7 Å². The molecule has 1 heterocycles. The first-order chi connectivity index (χ1) is 6.07. The number of nitrogens with two attached hydrogens (primary N) is 1. The van der Waals surface area contributed by atoms with E-state index in [0.29, 0.717) is 0 Å². The molecule has 0 bridgehead atoms. The minimum Gasteiger partial charge on any atom is -0.359 e. The van der Waals surface area contributed by atoms with Crippen molar-refractivity contribution >= 4 is 15.9 Å². The second kappa shape index (κ2) is 3.97. The van der Waals surface area contributed by atoms with Gasteiger partial charge >= 0.3 is 0 Å². The SMILES string of the molecule is NCc1c[nH]c(C(F)F)c(Br)c1=O. The molecule has 0 radical (unpaired) electrons. The van der Waals surface area contributed by atoms with E-state index in [-0.39, 0.29) is 16.6 Å². The second-order valence-electron chi connectivity index (χ2n) is 2.38. The smallest absolute Gasteiger partial charge is 0.279 e. The molecule has 6 heteroatoms. The molecule has 0 aliphatic carbocycles. The predicted octanol–water partition coefficient (Wildman–Crippen LogP) is 1.53. The van der Waals surface area contributed by atoms with Gasteiger partial charge in [0.2, 0.25) is 5.43 Å². The number of aromatic amines is 1. The fraction of sp³-hybridized carbons (Fsp3) is 0.286. The van der Waals surface area contributed by atoms with E-state index in [2.05, 4.69) is 20.9 Å². The summed E-state index contributed by atoms with van der Waals surface area (Å²) < 4.78 is 24.3. The van der Waals surface area contributed by atoms with Crippen LogP contribution in [0.4, 0.5) is 8.78 Å². The molecule has 1 rings (SSSR count). The van der Waals surface area contributed by atoms with E-state index in [1.807, 2.05) is 0 Å². The van der Waals surface area contributed by atoms with Crippen LogP contribution >= 0.6 is 15.9 Å². The van der Waals surface area contributed by atoms with Crippen molar-refractivity contribution in [1.29, 1.82) is 0 Å². The van der Waals surface area contributed by atoms with E-state index in [0.717, 1.165) is 0 Å². The number of hydrogen-bond donors (Lipinski definition) is 2. The zero-order chi connectivity index (χ0) is 10.0. The summed E-state index contributed by atoms with van der Waals surface area (Å²) in [6.45, 7) is 0.0252. The van der Waals surface area contributed by atoms with Gasteiger partial charge in [-0.25, -0.2) is 8.78 Å². The van der Waals surface area contributed by atoms with Gasteiger partial charge in [-0.3, -0.25) is 4.79 Å². The first kappa shape index (κ1) is 10.3. The molecule has 13 heavy (non-hydrogen) atoms. The summed E-state index contributed by atoms with van der Waals surface area (Å²) in [4.78, 5) is 13.6. The van der Waals surface area contributed by atoms with Crippen LogP contribution in [0, 0.1) is 0 Å². The zero-order valence-corrected chi connectivity index (χ0v) is 8.07. The lowest BCUT2D eigenvalue weighted by atomic mass is 10.2. The number of alkyl halides is 2. The molecule has 1 aromatic heterocycles. The summed E-state index contributed by atoms with van der Waals surface area (Å²) in [5, 5.41) is 0. The Balaban J connectivity index is 3.32. The minimum atomic E-state index is -2.70. The van der Waals surface area contributed by atoms with Gasteiger partial charge in [-0.2, -0.15) is 0 Å². The second-order valence-corrected chi connectivity index (χ2v) is 3.17. The molecule has 0 unspecified atom stereocenters. The highest BCUT2D eigenvalue weighted by atomic mass is 79.9. The van der Waals surface area contributed by atoms with Crippen molar-refractivity contribution in [2.45, 2.75) is 13.0 Å². The Morgan fingerprint density at radius 1 is 1.62 bits per heavy atom. The summed E-state index contributed by atoms with van der Waals surface area (Å²) in [5.41, 5.74) is 4.59. The molecule has 3 nitrogen and oxygen atoms in total. The number of hydrogen-bond acceptors (Lipinski definition) is 2. The molecule has 0 amide bonds. The minimum absolute atomic E-state index is 0.0252. The fourth-order valence-electron chi connectivity index (χ4n) is 0.867. The van der Waals surface area contributed by atoms with Gasteiger partial charge in [0.05, 0.1) is 4.47 Å². The molecule has 0 spiro atoms. The highest BCUT2D eigenvalue weighted by molar-refractivity contribution is 9.10. The lowest BCUT2D eigenvalue weighted by molar-refractivity contribution is 0.145. The van der Waals surface area contributed by atoms with Gasteiger partial charge in [0, 0.05) is 18.3 Å². The Labute approximate surface area is 81.1 Å². The molecular formula is C7H7BrF2N2O. The monoisotopic (exact) mass is 252 g/mol. The molecular weight excluding hydrogens is 246 g/mol. The normalized spacial score (nSPS) is 10.8. The zero-order valence-electron chi connectivity index (χ0n) is 6.48. The number of H-pyrrole nitrogens is 1. The van der Waals surface area contributed by atoms with Crippen LogP contribution < -0.4 is 11.2 Å². The highest BCUT2D eigenvalue weighted by Gasteiger charge is 2.15. The molecule has 3 N–H and O–H groups in total. The van der Waals surface area contributed by atoms with Gasteiger partial charge in [-0.05, 0) is 15.9 Å². The lowest BCUT2D eigenvalue weighted by Crippen LogP contribution is -2.16. The van der Waals surface area contributed by atoms with Crippen molar-refractivity contribution in [1.82, 2.24) is 4.98 Å². The summed E-state index contributed by atoms with van der Waals surface area (Å²) in [7, 11) is 0. The van der Waals surface area contributed by atoms with Crippen molar-refractivity contribution in [3.05, 3.63) is 32.2 Å². The van der Waals surface area contributed by atoms with E-state index in [1.54, 1.807) is 0 Å². The molecule has 0 saturated carbocycles. The van der Waals surface area contributed by atoms with Crippen LogP contribution in [0.2, 0.25) is 0 Å². The number of pyridine rings is 1. The lowest BCUT2D eigenvalue weighted by Gasteiger charge is -2.04. The number of halogens is 3. The summed E-state index contributed by atoms with van der Waals surface area (Å²) >= 11 is 2.79. The van der Waals surface area contributed by atoms with Crippen molar-refractivity contribution in [3.63, 3.8) is 0 Å². The third-order valence-electron chi connectivity index (χ3n) is 1.57. The maximum absolute atomic E-state index is 12.2. The first-order valence-electron chi connectivity index (χ1n) is 3.46. The van der Waals surface area contributed by atoms with E-state index in [9.17, 15) is 13.6 Å². The largest absolute Gasteiger partial charge is 0.359 e. The molecule has 0 aliphatic rings. The quantitative estimate of drug-likeness (QED) is 0.839. The third-order valence-corrected chi connectivity index (χ3v) is 2.35. The van der Waals surface area contributed by atoms with E-state index in [1.165, 1.54) is 6.20 Å². The Bertz CT molecular complexity index is 364. The Kier molecular flexibility index (Phi) is 3.16. The molecule has 0 saturated heterocycles. The van der Waals surface area contributed by atoms with Crippen LogP contribution in [0.3, 0.4) is 0 Å². The molecule has 72 valence electrons. The van der Waals surface area contributed by atoms with Crippen LogP contribution in [-0.4, -0.2) is 4.98 Å². The van der Waals surface area contributed by atoms with Gasteiger partial charge < -0.3 is 10.7 Å². The van der Waals surface area contributed by atoms with Crippen molar-refractivity contribution < 1.29 is 8.78 Å². The standard InChI is InChI=1S/C7H7BrF2N2O/c8-4-5(7(9)10)12-2-3(1-11)6(4)13/h2,7H,1,11H2,(H,12,13). The van der Waals surface area contributed by atoms with Crippen molar-refractivity contribution in [3.8, 4) is 0 Å². The van der Waals surface area contributed by atoms with Gasteiger partial charge in [-0.15, -0.1) is 0 Å².